The summed E-state index contributed by atoms with van der Waals surface area (Å²) in [5, 5.41) is 11.3. The fourth-order valence-electron chi connectivity index (χ4n) is 2.86. The molecule has 2 heterocycles. The second kappa shape index (κ2) is 7.08. The van der Waals surface area contributed by atoms with E-state index in [2.05, 4.69) is 15.3 Å². The normalized spacial score (nSPS) is 19.0. The van der Waals surface area contributed by atoms with E-state index in [1.807, 2.05) is 0 Å². The molecule has 0 aliphatic carbocycles. The van der Waals surface area contributed by atoms with Crippen molar-refractivity contribution >= 4 is 23.5 Å². The van der Waals surface area contributed by atoms with Crippen LogP contribution < -0.4 is 11.1 Å². The number of rotatable bonds is 3. The van der Waals surface area contributed by atoms with Gasteiger partial charge in [0.1, 0.15) is 6.07 Å². The van der Waals surface area contributed by atoms with Crippen LogP contribution in [0.4, 0.5) is 10.1 Å². The molecule has 0 saturated carbocycles. The summed E-state index contributed by atoms with van der Waals surface area (Å²) >= 11 is 0. The molecule has 3 rings (SSSR count). The van der Waals surface area contributed by atoms with E-state index in [1.54, 1.807) is 44.3 Å². The summed E-state index contributed by atoms with van der Waals surface area (Å²) in [5.41, 5.74) is 5.60. The SMILES string of the molecule is CN1C(=O)CC(C)(c2cccc(NC(=O)c3ncc(C#N)cc3F)c2)N=C1N. The first-order valence-electron chi connectivity index (χ1n) is 8.33. The summed E-state index contributed by atoms with van der Waals surface area (Å²) in [5.74, 6) is -1.71. The molecule has 28 heavy (non-hydrogen) atoms. The number of amides is 2. The monoisotopic (exact) mass is 380 g/mol. The molecule has 0 spiro atoms. The third-order valence-corrected chi connectivity index (χ3v) is 4.50. The number of nitriles is 1. The molecule has 0 fully saturated rings. The lowest BCUT2D eigenvalue weighted by Crippen LogP contribution is -2.47. The smallest absolute Gasteiger partial charge is 0.277 e. The number of nitrogens with two attached hydrogens (primary N) is 1. The van der Waals surface area contributed by atoms with Crippen molar-refractivity contribution in [2.45, 2.75) is 18.9 Å². The maximum atomic E-state index is 14.0. The molecule has 0 saturated heterocycles. The number of carbonyl (C=O) groups excluding carboxylic acids is 2. The van der Waals surface area contributed by atoms with E-state index >= 15 is 0 Å². The fraction of sp³-hybridized carbons (Fsp3) is 0.211. The van der Waals surface area contributed by atoms with Gasteiger partial charge in [-0.25, -0.2) is 14.4 Å². The average molecular weight is 380 g/mol. The van der Waals surface area contributed by atoms with Gasteiger partial charge in [0.2, 0.25) is 5.91 Å². The lowest BCUT2D eigenvalue weighted by molar-refractivity contribution is -0.128. The average Bonchev–Trinajstić information content (AvgIpc) is 2.66. The van der Waals surface area contributed by atoms with Gasteiger partial charge in [-0.15, -0.1) is 0 Å². The first-order valence-corrected chi connectivity index (χ1v) is 8.33. The van der Waals surface area contributed by atoms with Gasteiger partial charge >= 0.3 is 0 Å². The highest BCUT2D eigenvalue weighted by molar-refractivity contribution is 6.03. The highest BCUT2D eigenvalue weighted by Gasteiger charge is 2.36. The maximum absolute atomic E-state index is 14.0. The third kappa shape index (κ3) is 3.53. The lowest BCUT2D eigenvalue weighted by atomic mass is 9.87. The largest absolute Gasteiger partial charge is 0.369 e. The molecule has 0 radical (unpaired) electrons. The number of pyridine rings is 1. The summed E-state index contributed by atoms with van der Waals surface area (Å²) in [7, 11) is 1.55. The van der Waals surface area contributed by atoms with Crippen molar-refractivity contribution in [2.75, 3.05) is 12.4 Å². The van der Waals surface area contributed by atoms with Crippen molar-refractivity contribution < 1.29 is 14.0 Å². The Morgan fingerprint density at radius 3 is 2.82 bits per heavy atom. The summed E-state index contributed by atoms with van der Waals surface area (Å²) in [6.45, 7) is 1.77. The molecular weight excluding hydrogens is 363 g/mol. The van der Waals surface area contributed by atoms with Crippen LogP contribution in [0.3, 0.4) is 0 Å². The highest BCUT2D eigenvalue weighted by atomic mass is 19.1. The van der Waals surface area contributed by atoms with Crippen LogP contribution in [-0.4, -0.2) is 34.7 Å². The van der Waals surface area contributed by atoms with E-state index < -0.39 is 23.0 Å². The number of benzene rings is 1. The number of carbonyl (C=O) groups is 2. The molecule has 2 amide bonds. The number of aromatic nitrogens is 1. The Morgan fingerprint density at radius 1 is 1.43 bits per heavy atom. The molecule has 3 N–H and O–H groups in total. The Balaban J connectivity index is 1.87. The van der Waals surface area contributed by atoms with Crippen molar-refractivity contribution in [1.29, 1.82) is 5.26 Å². The number of nitrogens with zero attached hydrogens (tertiary/aromatic N) is 4. The zero-order valence-electron chi connectivity index (χ0n) is 15.2. The Morgan fingerprint density at radius 2 is 2.18 bits per heavy atom. The van der Waals surface area contributed by atoms with E-state index in [1.165, 1.54) is 4.90 Å². The van der Waals surface area contributed by atoms with E-state index in [9.17, 15) is 14.0 Å². The molecule has 1 aliphatic rings. The zero-order valence-corrected chi connectivity index (χ0v) is 15.2. The summed E-state index contributed by atoms with van der Waals surface area (Å²) in [6.07, 6.45) is 1.24. The molecule has 8 nitrogen and oxygen atoms in total. The van der Waals surface area contributed by atoms with Crippen molar-refractivity contribution in [3.05, 3.63) is 59.2 Å². The number of halogens is 1. The van der Waals surface area contributed by atoms with Crippen LogP contribution in [0.15, 0.2) is 41.5 Å². The Labute approximate surface area is 160 Å². The maximum Gasteiger partial charge on any atom is 0.277 e. The van der Waals surface area contributed by atoms with Gasteiger partial charge < -0.3 is 11.1 Å². The van der Waals surface area contributed by atoms with Gasteiger partial charge in [0.05, 0.1) is 17.5 Å². The lowest BCUT2D eigenvalue weighted by Gasteiger charge is -2.33. The number of aliphatic imine (C=N–C) groups is 1. The van der Waals surface area contributed by atoms with Crippen molar-refractivity contribution in [2.24, 2.45) is 10.7 Å². The van der Waals surface area contributed by atoms with Crippen LogP contribution in [-0.2, 0) is 10.3 Å². The summed E-state index contributed by atoms with van der Waals surface area (Å²) in [6, 6.07) is 9.43. The van der Waals surface area contributed by atoms with Gasteiger partial charge in [0.25, 0.3) is 5.91 Å². The predicted molar refractivity (Wildman–Crippen MR) is 99.7 cm³/mol. The quantitative estimate of drug-likeness (QED) is 0.839. The van der Waals surface area contributed by atoms with E-state index in [0.717, 1.165) is 12.3 Å². The van der Waals surface area contributed by atoms with Crippen molar-refractivity contribution in [3.63, 3.8) is 0 Å². The molecule has 1 aromatic heterocycles. The van der Waals surface area contributed by atoms with Crippen molar-refractivity contribution in [3.8, 4) is 6.07 Å². The molecule has 1 atom stereocenters. The molecule has 1 aliphatic heterocycles. The zero-order chi connectivity index (χ0) is 20.5. The molecule has 2 aromatic rings. The predicted octanol–water partition coefficient (Wildman–Crippen LogP) is 1.74. The second-order valence-electron chi connectivity index (χ2n) is 6.57. The van der Waals surface area contributed by atoms with Gasteiger partial charge in [0.15, 0.2) is 17.5 Å². The summed E-state index contributed by atoms with van der Waals surface area (Å²) < 4.78 is 14.0. The Kier molecular flexibility index (Phi) is 4.79. The Bertz CT molecular complexity index is 1040. The first kappa shape index (κ1) is 19.0. The van der Waals surface area contributed by atoms with Crippen molar-refractivity contribution in [1.82, 2.24) is 9.88 Å². The van der Waals surface area contributed by atoms with Gasteiger partial charge in [-0.1, -0.05) is 12.1 Å². The molecule has 9 heteroatoms. The fourth-order valence-corrected chi connectivity index (χ4v) is 2.86. The minimum Gasteiger partial charge on any atom is -0.369 e. The highest BCUT2D eigenvalue weighted by Crippen LogP contribution is 2.34. The number of hydrogen-bond acceptors (Lipinski definition) is 6. The van der Waals surface area contributed by atoms with Crippen LogP contribution in [0.1, 0.15) is 35.0 Å². The van der Waals surface area contributed by atoms with Gasteiger partial charge in [-0.3, -0.25) is 14.5 Å². The standard InChI is InChI=1S/C19H17FN6O2/c1-19(8-15(27)26(2)18(22)25-19)12-4-3-5-13(7-12)24-17(28)16-14(20)6-11(9-21)10-23-16/h3-7,10H,8H2,1-2H3,(H2,22,25)(H,24,28). The van der Waals surface area contributed by atoms with Crippen LogP contribution >= 0.6 is 0 Å². The first-order chi connectivity index (χ1) is 13.2. The molecule has 1 unspecified atom stereocenters. The van der Waals surface area contributed by atoms with Gasteiger partial charge in [-0.2, -0.15) is 5.26 Å². The molecule has 0 bridgehead atoms. The summed E-state index contributed by atoms with van der Waals surface area (Å²) in [4.78, 5) is 33.9. The van der Waals surface area contributed by atoms with E-state index in [0.29, 0.717) is 11.3 Å². The van der Waals surface area contributed by atoms with E-state index in [-0.39, 0.29) is 23.9 Å². The van der Waals surface area contributed by atoms with Crippen LogP contribution in [0.5, 0.6) is 0 Å². The van der Waals surface area contributed by atoms with Gasteiger partial charge in [-0.05, 0) is 30.7 Å². The molecule has 1 aromatic carbocycles. The number of hydrogen-bond donors (Lipinski definition) is 2. The van der Waals surface area contributed by atoms with Gasteiger partial charge in [0, 0.05) is 18.9 Å². The third-order valence-electron chi connectivity index (χ3n) is 4.50. The molecular formula is C19H17FN6O2. The number of anilines is 1. The van der Waals surface area contributed by atoms with Crippen LogP contribution in [0, 0.1) is 17.1 Å². The van der Waals surface area contributed by atoms with E-state index in [4.69, 9.17) is 11.0 Å². The number of nitrogens with one attached hydrogen (secondary N) is 1. The minimum atomic E-state index is -0.891. The Hall–Kier alpha value is -3.80. The second-order valence-corrected chi connectivity index (χ2v) is 6.57. The van der Waals surface area contributed by atoms with Crippen LogP contribution in [0.25, 0.3) is 0 Å². The number of guanidine groups is 1. The minimum absolute atomic E-state index is 0.0198. The molecule has 142 valence electrons. The van der Waals surface area contributed by atoms with Crippen LogP contribution in [0.2, 0.25) is 0 Å². The topological polar surface area (TPSA) is 124 Å².